The molecule has 1 atom stereocenters. The second-order valence-corrected chi connectivity index (χ2v) is 4.65. The number of rotatable bonds is 3. The van der Waals surface area contributed by atoms with Crippen molar-refractivity contribution >= 4 is 11.8 Å². The highest BCUT2D eigenvalue weighted by Gasteiger charge is 2.28. The van der Waals surface area contributed by atoms with Crippen LogP contribution in [0.1, 0.15) is 33.6 Å². The largest absolute Gasteiger partial charge is 0.341 e. The van der Waals surface area contributed by atoms with Gasteiger partial charge in [0, 0.05) is 32.6 Å². The van der Waals surface area contributed by atoms with Crippen LogP contribution in [-0.2, 0) is 9.59 Å². The Kier molecular flexibility index (Phi) is 4.93. The lowest BCUT2D eigenvalue weighted by atomic mass is 10.0. The zero-order chi connectivity index (χ0) is 13.0. The maximum atomic E-state index is 11.7. The van der Waals surface area contributed by atoms with Crippen LogP contribution in [0.15, 0.2) is 0 Å². The summed E-state index contributed by atoms with van der Waals surface area (Å²) in [4.78, 5) is 26.8. The van der Waals surface area contributed by atoms with Gasteiger partial charge < -0.3 is 15.5 Å². The molecule has 1 fully saturated rings. The highest BCUT2D eigenvalue weighted by molar-refractivity contribution is 5.81. The first-order valence-corrected chi connectivity index (χ1v) is 6.29. The number of hydrogen-bond donors (Lipinski definition) is 1. The fraction of sp³-hybridized carbons (Fsp3) is 0.833. The van der Waals surface area contributed by atoms with Gasteiger partial charge in [0.15, 0.2) is 0 Å². The van der Waals surface area contributed by atoms with E-state index in [-0.39, 0.29) is 17.9 Å². The third-order valence-electron chi connectivity index (χ3n) is 3.35. The molecule has 0 unspecified atom stereocenters. The zero-order valence-corrected chi connectivity index (χ0v) is 11.0. The lowest BCUT2D eigenvalue weighted by molar-refractivity contribution is -0.135. The van der Waals surface area contributed by atoms with E-state index in [0.29, 0.717) is 13.1 Å². The van der Waals surface area contributed by atoms with Crippen LogP contribution in [0.2, 0.25) is 0 Å². The molecule has 0 spiro atoms. The number of nitrogens with two attached hydrogens (primary N) is 1. The Labute approximate surface area is 103 Å². The van der Waals surface area contributed by atoms with Gasteiger partial charge in [-0.3, -0.25) is 9.59 Å². The Bertz CT molecular complexity index is 283. The van der Waals surface area contributed by atoms with Crippen LogP contribution in [0.5, 0.6) is 0 Å². The lowest BCUT2D eigenvalue weighted by Crippen LogP contribution is -2.51. The van der Waals surface area contributed by atoms with Crippen molar-refractivity contribution < 1.29 is 9.59 Å². The van der Waals surface area contributed by atoms with Gasteiger partial charge in [-0.1, -0.05) is 0 Å². The summed E-state index contributed by atoms with van der Waals surface area (Å²) in [7, 11) is 0. The van der Waals surface area contributed by atoms with E-state index < -0.39 is 6.04 Å². The number of piperidine rings is 1. The molecule has 0 aliphatic carbocycles. The van der Waals surface area contributed by atoms with Crippen molar-refractivity contribution in [3.63, 3.8) is 0 Å². The Hall–Kier alpha value is -1.10. The molecule has 0 saturated carbocycles. The minimum atomic E-state index is -0.429. The van der Waals surface area contributed by atoms with E-state index in [4.69, 9.17) is 5.73 Å². The van der Waals surface area contributed by atoms with Crippen molar-refractivity contribution in [2.24, 2.45) is 5.73 Å². The molecule has 1 rings (SSSR count). The smallest absolute Gasteiger partial charge is 0.239 e. The number of likely N-dealkylation sites (tertiary alicyclic amines) is 1. The van der Waals surface area contributed by atoms with Crippen molar-refractivity contribution in [3.05, 3.63) is 0 Å². The van der Waals surface area contributed by atoms with E-state index >= 15 is 0 Å². The summed E-state index contributed by atoms with van der Waals surface area (Å²) in [5.41, 5.74) is 5.58. The molecule has 5 heteroatoms. The first kappa shape index (κ1) is 14.0. The predicted molar refractivity (Wildman–Crippen MR) is 66.3 cm³/mol. The minimum absolute atomic E-state index is 0.00863. The molecular weight excluding hydrogens is 218 g/mol. The summed E-state index contributed by atoms with van der Waals surface area (Å²) in [6, 6.07) is -0.156. The van der Waals surface area contributed by atoms with Gasteiger partial charge in [0.05, 0.1) is 6.04 Å². The number of carbonyl (C=O) groups is 2. The highest BCUT2D eigenvalue weighted by atomic mass is 16.2. The molecule has 17 heavy (non-hydrogen) atoms. The van der Waals surface area contributed by atoms with Crippen LogP contribution in [0.25, 0.3) is 0 Å². The Morgan fingerprint density at radius 1 is 1.41 bits per heavy atom. The van der Waals surface area contributed by atoms with Gasteiger partial charge in [-0.25, -0.2) is 0 Å². The van der Waals surface area contributed by atoms with Gasteiger partial charge in [-0.05, 0) is 26.7 Å². The van der Waals surface area contributed by atoms with E-state index in [1.54, 1.807) is 18.7 Å². The van der Waals surface area contributed by atoms with Gasteiger partial charge in [0.25, 0.3) is 0 Å². The van der Waals surface area contributed by atoms with Crippen LogP contribution < -0.4 is 5.73 Å². The molecule has 0 aromatic carbocycles. The van der Waals surface area contributed by atoms with Crippen molar-refractivity contribution in [3.8, 4) is 0 Å². The monoisotopic (exact) mass is 241 g/mol. The molecule has 1 heterocycles. The average molecular weight is 241 g/mol. The molecule has 0 radical (unpaired) electrons. The van der Waals surface area contributed by atoms with Gasteiger partial charge in [-0.15, -0.1) is 0 Å². The zero-order valence-electron chi connectivity index (χ0n) is 11.0. The summed E-state index contributed by atoms with van der Waals surface area (Å²) in [5.74, 6) is 0.124. The number of nitrogens with zero attached hydrogens (tertiary/aromatic N) is 2. The topological polar surface area (TPSA) is 66.6 Å². The molecule has 0 aromatic rings. The van der Waals surface area contributed by atoms with Crippen LogP contribution in [0.4, 0.5) is 0 Å². The second-order valence-electron chi connectivity index (χ2n) is 4.65. The Morgan fingerprint density at radius 3 is 2.29 bits per heavy atom. The second kappa shape index (κ2) is 6.00. The maximum Gasteiger partial charge on any atom is 0.239 e. The molecule has 1 saturated heterocycles. The minimum Gasteiger partial charge on any atom is -0.341 e. The van der Waals surface area contributed by atoms with E-state index in [1.165, 1.54) is 0 Å². The van der Waals surface area contributed by atoms with Gasteiger partial charge in [0.2, 0.25) is 11.8 Å². The molecule has 98 valence electrons. The van der Waals surface area contributed by atoms with Crippen molar-refractivity contribution in [1.82, 2.24) is 9.80 Å². The van der Waals surface area contributed by atoms with Crippen molar-refractivity contribution in [2.75, 3.05) is 19.6 Å². The summed E-state index contributed by atoms with van der Waals surface area (Å²) >= 11 is 0. The SMILES string of the molecule is CCN(C(C)=O)C1CCN(C(=O)[C@H](C)N)CC1. The molecular formula is C12H23N3O2. The predicted octanol–water partition coefficient (Wildman–Crippen LogP) is 0.193. The summed E-state index contributed by atoms with van der Waals surface area (Å²) in [6.07, 6.45) is 1.71. The molecule has 0 bridgehead atoms. The van der Waals surface area contributed by atoms with E-state index in [1.807, 2.05) is 11.8 Å². The lowest BCUT2D eigenvalue weighted by Gasteiger charge is -2.38. The highest BCUT2D eigenvalue weighted by Crippen LogP contribution is 2.17. The summed E-state index contributed by atoms with van der Waals surface area (Å²) in [5, 5.41) is 0. The Morgan fingerprint density at radius 2 is 1.94 bits per heavy atom. The average Bonchev–Trinajstić information content (AvgIpc) is 2.29. The van der Waals surface area contributed by atoms with E-state index in [2.05, 4.69) is 0 Å². The maximum absolute atomic E-state index is 11.7. The number of amides is 2. The molecule has 0 aromatic heterocycles. The first-order chi connectivity index (χ1) is 7.97. The summed E-state index contributed by atoms with van der Waals surface area (Å²) in [6.45, 7) is 7.44. The molecule has 2 amide bonds. The van der Waals surface area contributed by atoms with Crippen LogP contribution in [0, 0.1) is 0 Å². The molecule has 1 aliphatic rings. The van der Waals surface area contributed by atoms with Crippen LogP contribution >= 0.6 is 0 Å². The first-order valence-electron chi connectivity index (χ1n) is 6.29. The summed E-state index contributed by atoms with van der Waals surface area (Å²) < 4.78 is 0. The standard InChI is InChI=1S/C12H23N3O2/c1-4-15(10(3)16)11-5-7-14(8-6-11)12(17)9(2)13/h9,11H,4-8,13H2,1-3H3/t9-/m0/s1. The van der Waals surface area contributed by atoms with Gasteiger partial charge in [0.1, 0.15) is 0 Å². The number of carbonyl (C=O) groups excluding carboxylic acids is 2. The third kappa shape index (κ3) is 3.43. The number of hydrogen-bond acceptors (Lipinski definition) is 3. The van der Waals surface area contributed by atoms with Crippen molar-refractivity contribution in [2.45, 2.75) is 45.7 Å². The normalized spacial score (nSPS) is 18.9. The van der Waals surface area contributed by atoms with E-state index in [9.17, 15) is 9.59 Å². The van der Waals surface area contributed by atoms with Crippen molar-refractivity contribution in [1.29, 1.82) is 0 Å². The van der Waals surface area contributed by atoms with Gasteiger partial charge >= 0.3 is 0 Å². The molecule has 2 N–H and O–H groups in total. The fourth-order valence-corrected chi connectivity index (χ4v) is 2.42. The van der Waals surface area contributed by atoms with Crippen LogP contribution in [0.3, 0.4) is 0 Å². The molecule has 5 nitrogen and oxygen atoms in total. The third-order valence-corrected chi connectivity index (χ3v) is 3.35. The fourth-order valence-electron chi connectivity index (χ4n) is 2.42. The van der Waals surface area contributed by atoms with E-state index in [0.717, 1.165) is 19.4 Å². The van der Waals surface area contributed by atoms with Crippen LogP contribution in [-0.4, -0.2) is 53.3 Å². The Balaban J connectivity index is 2.50. The molecule has 1 aliphatic heterocycles. The quantitative estimate of drug-likeness (QED) is 0.767. The van der Waals surface area contributed by atoms with Gasteiger partial charge in [-0.2, -0.15) is 0 Å².